The first kappa shape index (κ1) is 21.1. The maximum atomic E-state index is 12.6. The number of nitrogens with zero attached hydrogens (tertiary/aromatic N) is 1. The highest BCUT2D eigenvalue weighted by Crippen LogP contribution is 2.25. The molecular formula is C21H21ClN2O4S. The third-order valence-electron chi connectivity index (χ3n) is 4.37. The van der Waals surface area contributed by atoms with Crippen molar-refractivity contribution in [2.24, 2.45) is 5.92 Å². The number of hydrogen-bond acceptors (Lipinski definition) is 6. The third kappa shape index (κ3) is 5.05. The van der Waals surface area contributed by atoms with Crippen LogP contribution >= 0.6 is 22.9 Å². The van der Waals surface area contributed by atoms with Crippen LogP contribution in [0.3, 0.4) is 0 Å². The highest BCUT2D eigenvalue weighted by Gasteiger charge is 2.26. The number of rotatable bonds is 7. The zero-order valence-corrected chi connectivity index (χ0v) is 17.8. The standard InChI is InChI=1S/C21H21ClN2O4S/c1-12(2)18(24-20(25)17-5-4-8-29-17)21(26)28-11-14-9-13-6-7-15(27-3)10-16(13)23-19(14)22/h4-10,12,18H,11H2,1-3H3,(H,24,25). The van der Waals surface area contributed by atoms with Crippen LogP contribution in [0.1, 0.15) is 29.1 Å². The van der Waals surface area contributed by atoms with Crippen molar-refractivity contribution in [1.29, 1.82) is 0 Å². The zero-order chi connectivity index (χ0) is 21.0. The molecule has 0 aliphatic carbocycles. The second-order valence-electron chi connectivity index (χ2n) is 6.78. The topological polar surface area (TPSA) is 77.5 Å². The summed E-state index contributed by atoms with van der Waals surface area (Å²) in [6.45, 7) is 3.65. The lowest BCUT2D eigenvalue weighted by molar-refractivity contribution is -0.148. The molecular weight excluding hydrogens is 412 g/mol. The Morgan fingerprint density at radius 3 is 2.69 bits per heavy atom. The molecule has 0 aliphatic rings. The molecule has 1 atom stereocenters. The van der Waals surface area contributed by atoms with Gasteiger partial charge in [0.25, 0.3) is 5.91 Å². The Hall–Kier alpha value is -2.64. The maximum absolute atomic E-state index is 12.6. The molecule has 1 amide bonds. The van der Waals surface area contributed by atoms with E-state index in [4.69, 9.17) is 21.1 Å². The lowest BCUT2D eigenvalue weighted by Crippen LogP contribution is -2.45. The largest absolute Gasteiger partial charge is 0.497 e. The van der Waals surface area contributed by atoms with Gasteiger partial charge < -0.3 is 14.8 Å². The third-order valence-corrected chi connectivity index (χ3v) is 5.57. The molecule has 0 aliphatic heterocycles. The molecule has 2 heterocycles. The summed E-state index contributed by atoms with van der Waals surface area (Å²) in [5, 5.41) is 5.66. The average molecular weight is 433 g/mol. The fraction of sp³-hybridized carbons (Fsp3) is 0.286. The monoisotopic (exact) mass is 432 g/mol. The smallest absolute Gasteiger partial charge is 0.329 e. The lowest BCUT2D eigenvalue weighted by atomic mass is 10.0. The lowest BCUT2D eigenvalue weighted by Gasteiger charge is -2.20. The fourth-order valence-electron chi connectivity index (χ4n) is 2.75. The summed E-state index contributed by atoms with van der Waals surface area (Å²) >= 11 is 7.58. The minimum atomic E-state index is -0.763. The summed E-state index contributed by atoms with van der Waals surface area (Å²) in [4.78, 5) is 29.8. The second kappa shape index (κ2) is 9.24. The van der Waals surface area contributed by atoms with E-state index in [-0.39, 0.29) is 23.6 Å². The SMILES string of the molecule is COc1ccc2cc(COC(=O)C(NC(=O)c3cccs3)C(C)C)c(Cl)nc2c1. The van der Waals surface area contributed by atoms with Gasteiger partial charge in [-0.3, -0.25) is 4.79 Å². The van der Waals surface area contributed by atoms with E-state index in [1.165, 1.54) is 11.3 Å². The summed E-state index contributed by atoms with van der Waals surface area (Å²) < 4.78 is 10.6. The van der Waals surface area contributed by atoms with Crippen molar-refractivity contribution in [1.82, 2.24) is 10.3 Å². The van der Waals surface area contributed by atoms with Gasteiger partial charge in [-0.05, 0) is 35.6 Å². The molecule has 0 bridgehead atoms. The predicted octanol–water partition coefficient (Wildman–Crippen LogP) is 4.46. The Kier molecular flexibility index (Phi) is 6.71. The summed E-state index contributed by atoms with van der Waals surface area (Å²) in [6, 6.07) is 10.0. The van der Waals surface area contributed by atoms with Crippen molar-refractivity contribution < 1.29 is 19.1 Å². The van der Waals surface area contributed by atoms with Gasteiger partial charge in [0.2, 0.25) is 0 Å². The van der Waals surface area contributed by atoms with Crippen LogP contribution in [-0.4, -0.2) is 30.0 Å². The Morgan fingerprint density at radius 2 is 2.03 bits per heavy atom. The first-order valence-electron chi connectivity index (χ1n) is 9.03. The van der Waals surface area contributed by atoms with E-state index in [1.807, 2.05) is 37.4 Å². The maximum Gasteiger partial charge on any atom is 0.329 e. The number of fused-ring (bicyclic) bond motifs is 1. The van der Waals surface area contributed by atoms with E-state index in [1.54, 1.807) is 25.3 Å². The van der Waals surface area contributed by atoms with Gasteiger partial charge in [-0.1, -0.05) is 31.5 Å². The molecule has 3 rings (SSSR count). The first-order valence-corrected chi connectivity index (χ1v) is 10.3. The summed E-state index contributed by atoms with van der Waals surface area (Å²) in [5.41, 5.74) is 1.28. The molecule has 0 saturated heterocycles. The van der Waals surface area contributed by atoms with Gasteiger partial charge in [-0.15, -0.1) is 11.3 Å². The number of ether oxygens (including phenoxy) is 2. The highest BCUT2D eigenvalue weighted by molar-refractivity contribution is 7.12. The molecule has 6 nitrogen and oxygen atoms in total. The number of pyridine rings is 1. The van der Waals surface area contributed by atoms with E-state index >= 15 is 0 Å². The number of amides is 1. The van der Waals surface area contributed by atoms with Crippen molar-refractivity contribution in [2.75, 3.05) is 7.11 Å². The van der Waals surface area contributed by atoms with E-state index in [9.17, 15) is 9.59 Å². The zero-order valence-electron chi connectivity index (χ0n) is 16.3. The van der Waals surface area contributed by atoms with Gasteiger partial charge >= 0.3 is 5.97 Å². The Bertz CT molecular complexity index is 1020. The van der Waals surface area contributed by atoms with Crippen molar-refractivity contribution in [3.8, 4) is 5.75 Å². The summed E-state index contributed by atoms with van der Waals surface area (Å²) in [5.74, 6) is -0.267. The fourth-order valence-corrected chi connectivity index (χ4v) is 3.58. The Balaban J connectivity index is 1.70. The van der Waals surface area contributed by atoms with Crippen LogP contribution in [0.25, 0.3) is 10.9 Å². The number of halogens is 1. The first-order chi connectivity index (χ1) is 13.9. The molecule has 0 spiro atoms. The van der Waals surface area contributed by atoms with Crippen LogP contribution in [0.5, 0.6) is 5.75 Å². The summed E-state index contributed by atoms with van der Waals surface area (Å²) in [7, 11) is 1.58. The molecule has 0 fully saturated rings. The molecule has 1 aromatic carbocycles. The van der Waals surface area contributed by atoms with Crippen LogP contribution in [-0.2, 0) is 16.1 Å². The van der Waals surface area contributed by atoms with Gasteiger partial charge in [0.1, 0.15) is 23.6 Å². The molecule has 0 radical (unpaired) electrons. The molecule has 2 aromatic heterocycles. The van der Waals surface area contributed by atoms with Gasteiger partial charge in [0, 0.05) is 17.0 Å². The quantitative estimate of drug-likeness (QED) is 0.440. The van der Waals surface area contributed by atoms with Crippen molar-refractivity contribution >= 4 is 45.7 Å². The predicted molar refractivity (Wildman–Crippen MR) is 114 cm³/mol. The second-order valence-corrected chi connectivity index (χ2v) is 8.08. The number of thiophene rings is 1. The van der Waals surface area contributed by atoms with Crippen LogP contribution in [0, 0.1) is 5.92 Å². The van der Waals surface area contributed by atoms with E-state index in [0.29, 0.717) is 21.7 Å². The van der Waals surface area contributed by atoms with Crippen LogP contribution in [0.2, 0.25) is 5.15 Å². The molecule has 29 heavy (non-hydrogen) atoms. The minimum Gasteiger partial charge on any atom is -0.497 e. The van der Waals surface area contributed by atoms with Gasteiger partial charge in [0.05, 0.1) is 17.5 Å². The molecule has 1 unspecified atom stereocenters. The van der Waals surface area contributed by atoms with Crippen molar-refractivity contribution in [3.05, 3.63) is 57.4 Å². The average Bonchev–Trinajstić information content (AvgIpc) is 3.24. The van der Waals surface area contributed by atoms with Crippen molar-refractivity contribution in [2.45, 2.75) is 26.5 Å². The van der Waals surface area contributed by atoms with Crippen LogP contribution in [0.4, 0.5) is 0 Å². The van der Waals surface area contributed by atoms with E-state index in [0.717, 1.165) is 5.39 Å². The number of aromatic nitrogens is 1. The van der Waals surface area contributed by atoms with Gasteiger partial charge in [-0.2, -0.15) is 0 Å². The van der Waals surface area contributed by atoms with Crippen LogP contribution in [0.15, 0.2) is 41.8 Å². The normalized spacial score (nSPS) is 12.0. The minimum absolute atomic E-state index is 0.0370. The number of hydrogen-bond donors (Lipinski definition) is 1. The van der Waals surface area contributed by atoms with Crippen LogP contribution < -0.4 is 10.1 Å². The number of esters is 1. The Morgan fingerprint density at radius 1 is 1.24 bits per heavy atom. The molecule has 8 heteroatoms. The molecule has 1 N–H and O–H groups in total. The molecule has 152 valence electrons. The van der Waals surface area contributed by atoms with Gasteiger partial charge in [-0.25, -0.2) is 9.78 Å². The number of methoxy groups -OCH3 is 1. The highest BCUT2D eigenvalue weighted by atomic mass is 35.5. The van der Waals surface area contributed by atoms with Gasteiger partial charge in [0.15, 0.2) is 0 Å². The number of nitrogens with one attached hydrogen (secondary N) is 1. The number of benzene rings is 1. The Labute approximate surface area is 177 Å². The molecule has 0 saturated carbocycles. The van der Waals surface area contributed by atoms with E-state index < -0.39 is 12.0 Å². The van der Waals surface area contributed by atoms with E-state index in [2.05, 4.69) is 10.3 Å². The number of carbonyl (C=O) groups excluding carboxylic acids is 2. The van der Waals surface area contributed by atoms with Crippen molar-refractivity contribution in [3.63, 3.8) is 0 Å². The molecule has 3 aromatic rings. The number of carbonyl (C=O) groups is 2. The summed E-state index contributed by atoms with van der Waals surface area (Å²) in [6.07, 6.45) is 0.